The van der Waals surface area contributed by atoms with E-state index in [2.05, 4.69) is 24.0 Å². The molecule has 2 heterocycles. The maximum absolute atomic E-state index is 12.2. The van der Waals surface area contributed by atoms with E-state index in [-0.39, 0.29) is 17.5 Å². The highest BCUT2D eigenvalue weighted by molar-refractivity contribution is 5.92. The highest BCUT2D eigenvalue weighted by Gasteiger charge is 2.29. The van der Waals surface area contributed by atoms with Crippen molar-refractivity contribution in [2.75, 3.05) is 19.6 Å². The molecule has 1 saturated heterocycles. The van der Waals surface area contributed by atoms with Crippen LogP contribution in [0.3, 0.4) is 0 Å². The van der Waals surface area contributed by atoms with E-state index in [1.165, 1.54) is 6.07 Å². The summed E-state index contributed by atoms with van der Waals surface area (Å²) in [5.41, 5.74) is 0.663. The Kier molecular flexibility index (Phi) is 6.66. The van der Waals surface area contributed by atoms with Crippen LogP contribution in [0.15, 0.2) is 6.07 Å². The number of piperidine rings is 1. The molecule has 1 aliphatic heterocycles. The van der Waals surface area contributed by atoms with Crippen molar-refractivity contribution in [1.29, 1.82) is 0 Å². The van der Waals surface area contributed by atoms with Crippen molar-refractivity contribution in [3.8, 4) is 0 Å². The average molecular weight is 374 g/mol. The molecule has 146 valence electrons. The summed E-state index contributed by atoms with van der Waals surface area (Å²) in [5, 5.41) is 8.36. The second-order valence-corrected chi connectivity index (χ2v) is 6.88. The van der Waals surface area contributed by atoms with Crippen LogP contribution in [0.2, 0.25) is 0 Å². The third kappa shape index (κ3) is 5.74. The third-order valence-corrected chi connectivity index (χ3v) is 4.79. The first kappa shape index (κ1) is 20.3. The number of carbonyl (C=O) groups is 2. The number of hydrogen-bond donors (Lipinski definition) is 2. The Balaban J connectivity index is 1.85. The predicted molar refractivity (Wildman–Crippen MR) is 89.6 cm³/mol. The molecule has 2 rings (SSSR count). The minimum atomic E-state index is -4.45. The molecule has 1 atom stereocenters. The number of aromatic nitrogens is 2. The molecule has 9 heteroatoms. The largest absolute Gasteiger partial charge is 0.405 e. The van der Waals surface area contributed by atoms with Gasteiger partial charge in [0.15, 0.2) is 0 Å². The SMILES string of the molecule is CCC(C)CC(=O)N1CCC(c2cc(C(=O)NCC(F)(F)F)n[nH]2)CC1. The van der Waals surface area contributed by atoms with Crippen LogP contribution in [0.4, 0.5) is 13.2 Å². The van der Waals surface area contributed by atoms with Gasteiger partial charge < -0.3 is 10.2 Å². The molecule has 0 bridgehead atoms. The number of H-pyrrole nitrogens is 1. The van der Waals surface area contributed by atoms with Gasteiger partial charge in [-0.1, -0.05) is 20.3 Å². The maximum Gasteiger partial charge on any atom is 0.405 e. The number of hydrogen-bond acceptors (Lipinski definition) is 3. The van der Waals surface area contributed by atoms with Gasteiger partial charge in [-0.05, 0) is 24.8 Å². The Morgan fingerprint density at radius 1 is 1.38 bits per heavy atom. The first-order chi connectivity index (χ1) is 12.2. The van der Waals surface area contributed by atoms with Gasteiger partial charge in [0.2, 0.25) is 5.91 Å². The van der Waals surface area contributed by atoms with Crippen LogP contribution in [0.1, 0.15) is 61.6 Å². The number of alkyl halides is 3. The number of nitrogens with zero attached hydrogens (tertiary/aromatic N) is 2. The average Bonchev–Trinajstić information content (AvgIpc) is 3.09. The van der Waals surface area contributed by atoms with Crippen LogP contribution < -0.4 is 5.32 Å². The molecule has 0 spiro atoms. The smallest absolute Gasteiger partial charge is 0.343 e. The molecule has 0 radical (unpaired) electrons. The van der Waals surface area contributed by atoms with Crippen LogP contribution in [0.25, 0.3) is 0 Å². The fourth-order valence-electron chi connectivity index (χ4n) is 2.94. The molecule has 2 amide bonds. The third-order valence-electron chi connectivity index (χ3n) is 4.79. The van der Waals surface area contributed by atoms with Crippen LogP contribution in [-0.2, 0) is 4.79 Å². The number of halogens is 3. The van der Waals surface area contributed by atoms with Gasteiger partial charge in [0.1, 0.15) is 12.2 Å². The van der Waals surface area contributed by atoms with Gasteiger partial charge in [-0.3, -0.25) is 14.7 Å². The van der Waals surface area contributed by atoms with Crippen molar-refractivity contribution in [2.45, 2.75) is 51.6 Å². The van der Waals surface area contributed by atoms with Crippen LogP contribution >= 0.6 is 0 Å². The highest BCUT2D eigenvalue weighted by Crippen LogP contribution is 2.28. The normalized spacial score (nSPS) is 17.2. The Bertz CT molecular complexity index is 622. The van der Waals surface area contributed by atoms with E-state index in [9.17, 15) is 22.8 Å². The van der Waals surface area contributed by atoms with Gasteiger partial charge in [0.25, 0.3) is 5.91 Å². The van der Waals surface area contributed by atoms with E-state index < -0.39 is 18.6 Å². The standard InChI is InChI=1S/C17H25F3N4O2/c1-3-11(2)8-15(25)24-6-4-12(5-7-24)13-9-14(23-22-13)16(26)21-10-17(18,19)20/h9,11-12H,3-8,10H2,1-2H3,(H,21,26)(H,22,23). The molecular weight excluding hydrogens is 349 g/mol. The number of nitrogens with one attached hydrogen (secondary N) is 2. The Morgan fingerprint density at radius 2 is 2.04 bits per heavy atom. The van der Waals surface area contributed by atoms with Gasteiger partial charge in [0.05, 0.1) is 0 Å². The Labute approximate surface area is 150 Å². The minimum absolute atomic E-state index is 0.0560. The molecule has 6 nitrogen and oxygen atoms in total. The van der Waals surface area contributed by atoms with E-state index >= 15 is 0 Å². The first-order valence-corrected chi connectivity index (χ1v) is 8.87. The molecule has 26 heavy (non-hydrogen) atoms. The fourth-order valence-corrected chi connectivity index (χ4v) is 2.94. The molecule has 1 unspecified atom stereocenters. The minimum Gasteiger partial charge on any atom is -0.343 e. The van der Waals surface area contributed by atoms with Crippen molar-refractivity contribution >= 4 is 11.8 Å². The quantitative estimate of drug-likeness (QED) is 0.804. The molecule has 1 aromatic rings. The summed E-state index contributed by atoms with van der Waals surface area (Å²) in [7, 11) is 0. The van der Waals surface area contributed by atoms with Crippen molar-refractivity contribution in [2.24, 2.45) is 5.92 Å². The molecule has 0 aromatic carbocycles. The number of amides is 2. The molecule has 2 N–H and O–H groups in total. The second-order valence-electron chi connectivity index (χ2n) is 6.88. The molecule has 1 aromatic heterocycles. The lowest BCUT2D eigenvalue weighted by Gasteiger charge is -2.32. The number of rotatable bonds is 6. The monoisotopic (exact) mass is 374 g/mol. The van der Waals surface area contributed by atoms with Gasteiger partial charge in [-0.15, -0.1) is 0 Å². The van der Waals surface area contributed by atoms with Crippen molar-refractivity contribution < 1.29 is 22.8 Å². The summed E-state index contributed by atoms with van der Waals surface area (Å²) in [4.78, 5) is 25.8. The van der Waals surface area contributed by atoms with E-state index in [0.29, 0.717) is 25.4 Å². The zero-order valence-electron chi connectivity index (χ0n) is 15.0. The summed E-state index contributed by atoms with van der Waals surface area (Å²) in [6, 6.07) is 1.49. The van der Waals surface area contributed by atoms with Crippen molar-refractivity contribution in [3.05, 3.63) is 17.5 Å². The van der Waals surface area contributed by atoms with Crippen LogP contribution in [0.5, 0.6) is 0 Å². The molecule has 0 saturated carbocycles. The molecule has 1 aliphatic rings. The molecule has 1 fully saturated rings. The van der Waals surface area contributed by atoms with Crippen molar-refractivity contribution in [3.63, 3.8) is 0 Å². The number of carbonyl (C=O) groups excluding carboxylic acids is 2. The van der Waals surface area contributed by atoms with Gasteiger partial charge >= 0.3 is 6.18 Å². The summed E-state index contributed by atoms with van der Waals surface area (Å²) >= 11 is 0. The molecule has 0 aliphatic carbocycles. The summed E-state index contributed by atoms with van der Waals surface area (Å²) in [6.07, 6.45) is -1.47. The number of aromatic amines is 1. The van der Waals surface area contributed by atoms with E-state index in [4.69, 9.17) is 0 Å². The Morgan fingerprint density at radius 3 is 2.62 bits per heavy atom. The fraction of sp³-hybridized carbons (Fsp3) is 0.706. The van der Waals surface area contributed by atoms with E-state index in [1.54, 1.807) is 5.32 Å². The second kappa shape index (κ2) is 8.55. The zero-order chi connectivity index (χ0) is 19.3. The Hall–Kier alpha value is -2.06. The van der Waals surface area contributed by atoms with E-state index in [1.807, 2.05) is 4.90 Å². The van der Waals surface area contributed by atoms with Crippen LogP contribution in [-0.4, -0.2) is 52.7 Å². The van der Waals surface area contributed by atoms with Gasteiger partial charge in [-0.2, -0.15) is 18.3 Å². The van der Waals surface area contributed by atoms with Crippen molar-refractivity contribution in [1.82, 2.24) is 20.4 Å². The molecular formula is C17H25F3N4O2. The summed E-state index contributed by atoms with van der Waals surface area (Å²) in [6.45, 7) is 4.00. The summed E-state index contributed by atoms with van der Waals surface area (Å²) < 4.78 is 36.5. The van der Waals surface area contributed by atoms with E-state index in [0.717, 1.165) is 25.0 Å². The van der Waals surface area contributed by atoms with Gasteiger partial charge in [-0.25, -0.2) is 0 Å². The number of likely N-dealkylation sites (tertiary alicyclic amines) is 1. The first-order valence-electron chi connectivity index (χ1n) is 8.87. The lowest BCUT2D eigenvalue weighted by molar-refractivity contribution is -0.133. The highest BCUT2D eigenvalue weighted by atomic mass is 19.4. The van der Waals surface area contributed by atoms with Crippen LogP contribution in [0, 0.1) is 5.92 Å². The lowest BCUT2D eigenvalue weighted by atomic mass is 9.92. The topological polar surface area (TPSA) is 78.1 Å². The zero-order valence-corrected chi connectivity index (χ0v) is 15.0. The summed E-state index contributed by atoms with van der Waals surface area (Å²) in [5.74, 6) is -0.217. The predicted octanol–water partition coefficient (Wildman–Crippen LogP) is 2.84. The van der Waals surface area contributed by atoms with Gasteiger partial charge in [0, 0.05) is 31.1 Å². The maximum atomic E-state index is 12.2. The lowest BCUT2D eigenvalue weighted by Crippen LogP contribution is -2.38.